The van der Waals surface area contributed by atoms with Crippen LogP contribution in [0.5, 0.6) is 5.75 Å². The molecule has 0 fully saturated rings. The lowest BCUT2D eigenvalue weighted by molar-refractivity contribution is -0.155. The number of aryl methyl sites for hydroxylation is 1. The smallest absolute Gasteiger partial charge is 0.333 e. The van der Waals surface area contributed by atoms with Crippen molar-refractivity contribution >= 4 is 17.0 Å². The lowest BCUT2D eigenvalue weighted by Crippen LogP contribution is -2.20. The zero-order chi connectivity index (χ0) is 13.7. The molecule has 0 heterocycles. The SMILES string of the molecule is C=CC(=O)OC(C)Oc1cc(C)ccc1S(=O)O. The summed E-state index contributed by atoms with van der Waals surface area (Å²) in [4.78, 5) is 11.1. The van der Waals surface area contributed by atoms with Crippen LogP contribution >= 0.6 is 0 Å². The maximum Gasteiger partial charge on any atom is 0.333 e. The first-order valence-electron chi connectivity index (χ1n) is 5.15. The molecule has 1 N–H and O–H groups in total. The van der Waals surface area contributed by atoms with E-state index in [1.807, 2.05) is 6.92 Å². The van der Waals surface area contributed by atoms with Crippen molar-refractivity contribution in [1.29, 1.82) is 0 Å². The van der Waals surface area contributed by atoms with E-state index in [-0.39, 0.29) is 10.6 Å². The molecule has 0 aromatic heterocycles. The van der Waals surface area contributed by atoms with Crippen molar-refractivity contribution in [2.75, 3.05) is 0 Å². The van der Waals surface area contributed by atoms with E-state index in [2.05, 4.69) is 6.58 Å². The Hall–Kier alpha value is -1.66. The van der Waals surface area contributed by atoms with E-state index in [0.29, 0.717) is 0 Å². The molecule has 18 heavy (non-hydrogen) atoms. The molecular formula is C12H14O5S. The van der Waals surface area contributed by atoms with E-state index in [4.69, 9.17) is 14.0 Å². The second-order valence-electron chi connectivity index (χ2n) is 3.53. The summed E-state index contributed by atoms with van der Waals surface area (Å²) in [5, 5.41) is 0. The maximum atomic E-state index is 11.1. The molecule has 0 bridgehead atoms. The summed E-state index contributed by atoms with van der Waals surface area (Å²) in [6.45, 7) is 6.59. The van der Waals surface area contributed by atoms with Gasteiger partial charge in [-0.3, -0.25) is 0 Å². The van der Waals surface area contributed by atoms with Gasteiger partial charge in [-0.05, 0) is 24.6 Å². The van der Waals surface area contributed by atoms with Gasteiger partial charge in [0.2, 0.25) is 6.29 Å². The molecule has 0 aliphatic heterocycles. The molecule has 2 atom stereocenters. The fraction of sp³-hybridized carbons (Fsp3) is 0.250. The maximum absolute atomic E-state index is 11.1. The monoisotopic (exact) mass is 270 g/mol. The average Bonchev–Trinajstić information content (AvgIpc) is 2.28. The van der Waals surface area contributed by atoms with Crippen LogP contribution in [0.25, 0.3) is 0 Å². The van der Waals surface area contributed by atoms with E-state index in [1.165, 1.54) is 13.0 Å². The van der Waals surface area contributed by atoms with Crippen LogP contribution in [0.3, 0.4) is 0 Å². The summed E-state index contributed by atoms with van der Waals surface area (Å²) in [5.74, 6) is -0.415. The third kappa shape index (κ3) is 3.97. The Bertz CT molecular complexity index is 483. The topological polar surface area (TPSA) is 72.8 Å². The van der Waals surface area contributed by atoms with E-state index in [9.17, 15) is 9.00 Å². The molecule has 6 heteroatoms. The van der Waals surface area contributed by atoms with Crippen molar-refractivity contribution in [3.8, 4) is 5.75 Å². The number of esters is 1. The van der Waals surface area contributed by atoms with Crippen molar-refractivity contribution in [1.82, 2.24) is 0 Å². The normalized spacial score (nSPS) is 13.5. The van der Waals surface area contributed by atoms with Gasteiger partial charge in [0.15, 0.2) is 11.1 Å². The predicted molar refractivity (Wildman–Crippen MR) is 66.6 cm³/mol. The van der Waals surface area contributed by atoms with Crippen LogP contribution in [0.1, 0.15) is 12.5 Å². The minimum atomic E-state index is -2.17. The third-order valence-corrected chi connectivity index (χ3v) is 2.74. The lowest BCUT2D eigenvalue weighted by Gasteiger charge is -2.16. The first-order chi connectivity index (χ1) is 8.43. The largest absolute Gasteiger partial charge is 0.454 e. The van der Waals surface area contributed by atoms with Gasteiger partial charge in [-0.1, -0.05) is 12.6 Å². The van der Waals surface area contributed by atoms with Gasteiger partial charge in [0.25, 0.3) is 0 Å². The number of rotatable bonds is 5. The molecule has 0 radical (unpaired) electrons. The second kappa shape index (κ2) is 6.32. The van der Waals surface area contributed by atoms with Crippen molar-refractivity contribution in [2.24, 2.45) is 0 Å². The molecule has 0 aliphatic carbocycles. The van der Waals surface area contributed by atoms with Crippen LogP contribution in [-0.2, 0) is 20.6 Å². The molecule has 2 unspecified atom stereocenters. The summed E-state index contributed by atoms with van der Waals surface area (Å²) >= 11 is -2.17. The van der Waals surface area contributed by atoms with Crippen LogP contribution in [-0.4, -0.2) is 21.0 Å². The summed E-state index contributed by atoms with van der Waals surface area (Å²) in [7, 11) is 0. The fourth-order valence-corrected chi connectivity index (χ4v) is 1.73. The van der Waals surface area contributed by atoms with Gasteiger partial charge in [0.05, 0.1) is 0 Å². The van der Waals surface area contributed by atoms with Gasteiger partial charge in [0, 0.05) is 13.0 Å². The number of hydrogen-bond donors (Lipinski definition) is 1. The second-order valence-corrected chi connectivity index (χ2v) is 4.46. The minimum absolute atomic E-state index is 0.127. The van der Waals surface area contributed by atoms with Gasteiger partial charge >= 0.3 is 5.97 Å². The third-order valence-electron chi connectivity index (χ3n) is 2.03. The molecule has 0 spiro atoms. The number of ether oxygens (including phenoxy) is 2. The summed E-state index contributed by atoms with van der Waals surface area (Å²) in [6.07, 6.45) is 0.140. The van der Waals surface area contributed by atoms with Crippen LogP contribution < -0.4 is 4.74 Å². The highest BCUT2D eigenvalue weighted by Gasteiger charge is 2.14. The van der Waals surface area contributed by atoms with Crippen molar-refractivity contribution < 1.29 is 23.0 Å². The Morgan fingerprint density at radius 3 is 2.78 bits per heavy atom. The zero-order valence-electron chi connectivity index (χ0n) is 10.1. The van der Waals surface area contributed by atoms with Gasteiger partial charge in [-0.25, -0.2) is 9.00 Å². The van der Waals surface area contributed by atoms with Crippen molar-refractivity contribution in [3.05, 3.63) is 36.4 Å². The number of benzene rings is 1. The molecule has 98 valence electrons. The minimum Gasteiger partial charge on any atom is -0.454 e. The van der Waals surface area contributed by atoms with Crippen LogP contribution in [0.15, 0.2) is 35.7 Å². The first kappa shape index (κ1) is 14.4. The highest BCUT2D eigenvalue weighted by Crippen LogP contribution is 2.24. The van der Waals surface area contributed by atoms with Crippen LogP contribution in [0, 0.1) is 6.92 Å². The molecule has 0 amide bonds. The summed E-state index contributed by atoms with van der Waals surface area (Å²) < 4.78 is 30.3. The number of hydrogen-bond acceptors (Lipinski definition) is 4. The molecule has 0 aliphatic rings. The average molecular weight is 270 g/mol. The number of carbonyl (C=O) groups is 1. The highest BCUT2D eigenvalue weighted by molar-refractivity contribution is 7.79. The summed E-state index contributed by atoms with van der Waals surface area (Å²) in [5.41, 5.74) is 0.862. The quantitative estimate of drug-likeness (QED) is 0.383. The summed E-state index contributed by atoms with van der Waals surface area (Å²) in [6, 6.07) is 4.78. The fourth-order valence-electron chi connectivity index (χ4n) is 1.27. The molecule has 5 nitrogen and oxygen atoms in total. The van der Waals surface area contributed by atoms with Gasteiger partial charge in [-0.2, -0.15) is 0 Å². The Labute approximate surface area is 108 Å². The molecule has 0 saturated carbocycles. The van der Waals surface area contributed by atoms with Gasteiger partial charge < -0.3 is 14.0 Å². The molecule has 1 aromatic rings. The Morgan fingerprint density at radius 2 is 2.22 bits per heavy atom. The van der Waals surface area contributed by atoms with E-state index in [0.717, 1.165) is 11.6 Å². The van der Waals surface area contributed by atoms with Crippen molar-refractivity contribution in [3.63, 3.8) is 0 Å². The Kier molecular flexibility index (Phi) is 5.06. The molecule has 1 rings (SSSR count). The standard InChI is InChI=1S/C12H14O5S/c1-4-12(13)17-9(3)16-10-7-8(2)5-6-11(10)18(14)15/h4-7,9H,1H2,2-3H3,(H,14,15). The van der Waals surface area contributed by atoms with Crippen molar-refractivity contribution in [2.45, 2.75) is 25.0 Å². The van der Waals surface area contributed by atoms with Gasteiger partial charge in [0.1, 0.15) is 10.6 Å². The molecular weight excluding hydrogens is 256 g/mol. The Morgan fingerprint density at radius 1 is 1.56 bits per heavy atom. The Balaban J connectivity index is 2.88. The van der Waals surface area contributed by atoms with E-state index < -0.39 is 23.3 Å². The lowest BCUT2D eigenvalue weighted by atomic mass is 10.2. The highest BCUT2D eigenvalue weighted by atomic mass is 32.2. The van der Waals surface area contributed by atoms with Crippen LogP contribution in [0.4, 0.5) is 0 Å². The molecule has 0 saturated heterocycles. The van der Waals surface area contributed by atoms with E-state index >= 15 is 0 Å². The first-order valence-corrected chi connectivity index (χ1v) is 6.26. The van der Waals surface area contributed by atoms with E-state index in [1.54, 1.807) is 12.1 Å². The predicted octanol–water partition coefficient (Wildman–Crippen LogP) is 2.03. The van der Waals surface area contributed by atoms with Gasteiger partial charge in [-0.15, -0.1) is 0 Å². The van der Waals surface area contributed by atoms with Crippen LogP contribution in [0.2, 0.25) is 0 Å². The zero-order valence-corrected chi connectivity index (χ0v) is 10.9. The number of carbonyl (C=O) groups excluding carboxylic acids is 1. The molecule has 1 aromatic carbocycles.